The van der Waals surface area contributed by atoms with Crippen LogP contribution in [-0.4, -0.2) is 54.6 Å². The molecule has 0 radical (unpaired) electrons. The van der Waals surface area contributed by atoms with Gasteiger partial charge in [0, 0.05) is 18.5 Å². The summed E-state index contributed by atoms with van der Waals surface area (Å²) in [6.45, 7) is 5.50. The van der Waals surface area contributed by atoms with Crippen molar-refractivity contribution >= 4 is 17.2 Å². The Morgan fingerprint density at radius 1 is 1.53 bits per heavy atom. The Labute approximate surface area is 98.6 Å². The SMILES string of the molecule is CC(CN(C)C1CCN(C)CC1)C(N)=S. The van der Waals surface area contributed by atoms with E-state index >= 15 is 0 Å². The Hall–Kier alpha value is -0.190. The second-order valence-electron chi connectivity index (χ2n) is 4.78. The zero-order chi connectivity index (χ0) is 11.4. The normalized spacial score (nSPS) is 21.9. The number of nitrogens with zero attached hydrogens (tertiary/aromatic N) is 2. The van der Waals surface area contributed by atoms with Crippen LogP contribution in [0.15, 0.2) is 0 Å². The molecule has 3 nitrogen and oxygen atoms in total. The average Bonchev–Trinajstić information content (AvgIpc) is 2.18. The summed E-state index contributed by atoms with van der Waals surface area (Å²) in [5.74, 6) is 0.324. The largest absolute Gasteiger partial charge is 0.393 e. The van der Waals surface area contributed by atoms with Crippen molar-refractivity contribution < 1.29 is 0 Å². The second kappa shape index (κ2) is 5.77. The molecule has 15 heavy (non-hydrogen) atoms. The summed E-state index contributed by atoms with van der Waals surface area (Å²) in [4.78, 5) is 5.44. The molecule has 0 spiro atoms. The van der Waals surface area contributed by atoms with Gasteiger partial charge in [0.2, 0.25) is 0 Å². The van der Waals surface area contributed by atoms with Crippen LogP contribution in [0.3, 0.4) is 0 Å². The Balaban J connectivity index is 2.33. The minimum atomic E-state index is 0.324. The molecule has 0 bridgehead atoms. The molecule has 2 N–H and O–H groups in total. The van der Waals surface area contributed by atoms with Crippen LogP contribution >= 0.6 is 12.2 Å². The zero-order valence-corrected chi connectivity index (χ0v) is 10.9. The minimum absolute atomic E-state index is 0.324. The van der Waals surface area contributed by atoms with Crippen molar-refractivity contribution in [3.63, 3.8) is 0 Å². The Bertz CT molecular complexity index is 212. The predicted octanol–water partition coefficient (Wildman–Crippen LogP) is 0.935. The van der Waals surface area contributed by atoms with Gasteiger partial charge in [-0.05, 0) is 40.0 Å². The van der Waals surface area contributed by atoms with Crippen molar-refractivity contribution in [3.05, 3.63) is 0 Å². The van der Waals surface area contributed by atoms with E-state index in [1.54, 1.807) is 0 Å². The number of hydrogen-bond donors (Lipinski definition) is 1. The molecule has 1 aliphatic rings. The molecule has 0 aliphatic carbocycles. The fraction of sp³-hybridized carbons (Fsp3) is 0.909. The number of likely N-dealkylation sites (tertiary alicyclic amines) is 1. The first kappa shape index (κ1) is 12.9. The fourth-order valence-corrected chi connectivity index (χ4v) is 2.18. The number of nitrogens with two attached hydrogens (primary N) is 1. The van der Waals surface area contributed by atoms with Crippen molar-refractivity contribution in [1.29, 1.82) is 0 Å². The van der Waals surface area contributed by atoms with E-state index in [-0.39, 0.29) is 0 Å². The van der Waals surface area contributed by atoms with Gasteiger partial charge in [0.15, 0.2) is 0 Å². The number of rotatable bonds is 4. The summed E-state index contributed by atoms with van der Waals surface area (Å²) in [5, 5.41) is 0. The summed E-state index contributed by atoms with van der Waals surface area (Å²) in [6.07, 6.45) is 2.52. The summed E-state index contributed by atoms with van der Waals surface area (Å²) in [7, 11) is 4.37. The van der Waals surface area contributed by atoms with Crippen LogP contribution in [0.1, 0.15) is 19.8 Å². The summed E-state index contributed by atoms with van der Waals surface area (Å²) in [5.41, 5.74) is 5.63. The van der Waals surface area contributed by atoms with Gasteiger partial charge in [-0.3, -0.25) is 0 Å². The van der Waals surface area contributed by atoms with Gasteiger partial charge in [-0.15, -0.1) is 0 Å². The van der Waals surface area contributed by atoms with Gasteiger partial charge in [-0.25, -0.2) is 0 Å². The van der Waals surface area contributed by atoms with Crippen LogP contribution in [0, 0.1) is 5.92 Å². The third-order valence-electron chi connectivity index (χ3n) is 3.36. The molecule has 0 aromatic rings. The van der Waals surface area contributed by atoms with Gasteiger partial charge in [-0.2, -0.15) is 0 Å². The zero-order valence-electron chi connectivity index (χ0n) is 10.1. The average molecular weight is 229 g/mol. The Morgan fingerprint density at radius 3 is 2.53 bits per heavy atom. The van der Waals surface area contributed by atoms with E-state index in [0.29, 0.717) is 16.9 Å². The highest BCUT2D eigenvalue weighted by Crippen LogP contribution is 2.15. The summed E-state index contributed by atoms with van der Waals surface area (Å²) in [6, 6.07) is 0.706. The van der Waals surface area contributed by atoms with E-state index in [1.165, 1.54) is 25.9 Å². The number of thiocarbonyl (C=S) groups is 1. The second-order valence-corrected chi connectivity index (χ2v) is 5.25. The van der Waals surface area contributed by atoms with Gasteiger partial charge in [-0.1, -0.05) is 19.1 Å². The van der Waals surface area contributed by atoms with Gasteiger partial charge < -0.3 is 15.5 Å². The summed E-state index contributed by atoms with van der Waals surface area (Å²) < 4.78 is 0. The molecule has 1 saturated heterocycles. The van der Waals surface area contributed by atoms with E-state index in [2.05, 4.69) is 30.8 Å². The molecule has 88 valence electrons. The van der Waals surface area contributed by atoms with Crippen molar-refractivity contribution in [2.24, 2.45) is 11.7 Å². The molecule has 0 aromatic heterocycles. The molecule has 1 heterocycles. The topological polar surface area (TPSA) is 32.5 Å². The van der Waals surface area contributed by atoms with Gasteiger partial charge in [0.25, 0.3) is 0 Å². The minimum Gasteiger partial charge on any atom is -0.393 e. The molecule has 1 rings (SSSR count). The maximum Gasteiger partial charge on any atom is 0.0768 e. The third-order valence-corrected chi connectivity index (χ3v) is 3.76. The molecular formula is C11H23N3S. The maximum atomic E-state index is 5.63. The highest BCUT2D eigenvalue weighted by molar-refractivity contribution is 7.80. The van der Waals surface area contributed by atoms with Crippen molar-refractivity contribution in [1.82, 2.24) is 9.80 Å². The summed E-state index contributed by atoms with van der Waals surface area (Å²) >= 11 is 5.00. The first-order valence-corrected chi connectivity index (χ1v) is 6.09. The molecule has 1 aliphatic heterocycles. The number of piperidine rings is 1. The highest BCUT2D eigenvalue weighted by Gasteiger charge is 2.21. The standard InChI is InChI=1S/C11H23N3S/c1-9(11(12)15)8-14(3)10-4-6-13(2)7-5-10/h9-10H,4-8H2,1-3H3,(H2,12,15). The quantitative estimate of drug-likeness (QED) is 0.727. The molecule has 0 amide bonds. The van der Waals surface area contributed by atoms with Crippen LogP contribution in [0.2, 0.25) is 0 Å². The smallest absolute Gasteiger partial charge is 0.0768 e. The van der Waals surface area contributed by atoms with Gasteiger partial charge in [0.05, 0.1) is 4.99 Å². The molecule has 1 fully saturated rings. The maximum absolute atomic E-state index is 5.63. The molecular weight excluding hydrogens is 206 g/mol. The van der Waals surface area contributed by atoms with Crippen LogP contribution in [-0.2, 0) is 0 Å². The molecule has 1 atom stereocenters. The predicted molar refractivity (Wildman–Crippen MR) is 69.1 cm³/mol. The monoisotopic (exact) mass is 229 g/mol. The van der Waals surface area contributed by atoms with E-state index in [1.807, 2.05) is 0 Å². The van der Waals surface area contributed by atoms with Crippen molar-refractivity contribution in [2.45, 2.75) is 25.8 Å². The lowest BCUT2D eigenvalue weighted by molar-refractivity contribution is 0.139. The molecule has 4 heteroatoms. The molecule has 1 unspecified atom stereocenters. The van der Waals surface area contributed by atoms with Crippen LogP contribution in [0.5, 0.6) is 0 Å². The van der Waals surface area contributed by atoms with E-state index in [4.69, 9.17) is 18.0 Å². The molecule has 0 saturated carbocycles. The highest BCUT2D eigenvalue weighted by atomic mass is 32.1. The number of hydrogen-bond acceptors (Lipinski definition) is 3. The lowest BCUT2D eigenvalue weighted by atomic mass is 10.0. The first-order valence-electron chi connectivity index (χ1n) is 5.68. The van der Waals surface area contributed by atoms with Crippen LogP contribution in [0.25, 0.3) is 0 Å². The van der Waals surface area contributed by atoms with E-state index in [0.717, 1.165) is 6.54 Å². The fourth-order valence-electron chi connectivity index (χ4n) is 2.11. The van der Waals surface area contributed by atoms with E-state index in [9.17, 15) is 0 Å². The molecule has 0 aromatic carbocycles. The van der Waals surface area contributed by atoms with Gasteiger partial charge in [0.1, 0.15) is 0 Å². The van der Waals surface area contributed by atoms with Gasteiger partial charge >= 0.3 is 0 Å². The lowest BCUT2D eigenvalue weighted by Crippen LogP contribution is -2.44. The third kappa shape index (κ3) is 4.05. The first-order chi connectivity index (χ1) is 7.00. The van der Waals surface area contributed by atoms with E-state index < -0.39 is 0 Å². The van der Waals surface area contributed by atoms with Crippen LogP contribution in [0.4, 0.5) is 0 Å². The van der Waals surface area contributed by atoms with Crippen molar-refractivity contribution in [2.75, 3.05) is 33.7 Å². The van der Waals surface area contributed by atoms with Crippen molar-refractivity contribution in [3.8, 4) is 0 Å². The van der Waals surface area contributed by atoms with Crippen LogP contribution < -0.4 is 5.73 Å². The lowest BCUT2D eigenvalue weighted by Gasteiger charge is -2.36. The Morgan fingerprint density at radius 2 is 2.07 bits per heavy atom. The Kier molecular flexibility index (Phi) is 4.96.